The number of sulfonamides is 1. The number of pyridine rings is 1. The molecule has 5 nitrogen and oxygen atoms in total. The molecule has 2 aromatic rings. The highest BCUT2D eigenvalue weighted by Crippen LogP contribution is 2.29. The largest absolute Gasteiger partial charge is 0.487 e. The molecule has 0 aliphatic carbocycles. The van der Waals surface area contributed by atoms with Crippen molar-refractivity contribution in [3.63, 3.8) is 0 Å². The third-order valence-corrected chi connectivity index (χ3v) is 3.90. The number of primary sulfonamides is 1. The van der Waals surface area contributed by atoms with Gasteiger partial charge < -0.3 is 4.74 Å². The lowest BCUT2D eigenvalue weighted by molar-refractivity contribution is 0.352. The van der Waals surface area contributed by atoms with Crippen molar-refractivity contribution < 1.29 is 13.2 Å². The van der Waals surface area contributed by atoms with Crippen molar-refractivity contribution in [2.24, 2.45) is 5.14 Å². The van der Waals surface area contributed by atoms with Gasteiger partial charge >= 0.3 is 0 Å². The average Bonchev–Trinajstić information content (AvgIpc) is 2.43. The Balaban J connectivity index is 2.52. The summed E-state index contributed by atoms with van der Waals surface area (Å²) in [6, 6.07) is 6.32. The standard InChI is InChI=1S/C14H16N2O3S/c1-3-10(2)9-19-12-6-7-13(20(15,17)18)11-5-4-8-16-14(11)12/h4-8H,2-3,9H2,1H3,(H2,15,17,18). The molecule has 1 aromatic heterocycles. The van der Waals surface area contributed by atoms with Crippen LogP contribution in [-0.2, 0) is 10.0 Å². The van der Waals surface area contributed by atoms with E-state index in [0.29, 0.717) is 23.3 Å². The summed E-state index contributed by atoms with van der Waals surface area (Å²) < 4.78 is 28.8. The molecule has 1 heterocycles. The number of aromatic nitrogens is 1. The Hall–Kier alpha value is -1.92. The van der Waals surface area contributed by atoms with Gasteiger partial charge in [-0.1, -0.05) is 13.5 Å². The summed E-state index contributed by atoms with van der Waals surface area (Å²) >= 11 is 0. The molecule has 6 heteroatoms. The summed E-state index contributed by atoms with van der Waals surface area (Å²) in [7, 11) is -3.80. The van der Waals surface area contributed by atoms with Gasteiger partial charge in [-0.25, -0.2) is 13.6 Å². The van der Waals surface area contributed by atoms with Crippen LogP contribution in [0.2, 0.25) is 0 Å². The predicted molar refractivity (Wildman–Crippen MR) is 78.0 cm³/mol. The molecule has 1 aromatic carbocycles. The Kier molecular flexibility index (Phi) is 4.06. The molecule has 0 fully saturated rings. The number of ether oxygens (including phenoxy) is 1. The molecule has 0 saturated carbocycles. The van der Waals surface area contributed by atoms with E-state index < -0.39 is 10.0 Å². The van der Waals surface area contributed by atoms with Gasteiger partial charge in [0.15, 0.2) is 0 Å². The minimum absolute atomic E-state index is 0.0438. The van der Waals surface area contributed by atoms with E-state index in [0.717, 1.165) is 12.0 Å². The predicted octanol–water partition coefficient (Wildman–Crippen LogP) is 2.23. The third kappa shape index (κ3) is 2.97. The van der Waals surface area contributed by atoms with E-state index >= 15 is 0 Å². The summed E-state index contributed by atoms with van der Waals surface area (Å²) in [5, 5.41) is 5.66. The first-order valence-corrected chi connectivity index (χ1v) is 7.68. The number of hydrogen-bond acceptors (Lipinski definition) is 4. The smallest absolute Gasteiger partial charge is 0.238 e. The number of hydrogen-bond donors (Lipinski definition) is 1. The van der Waals surface area contributed by atoms with Crippen molar-refractivity contribution >= 4 is 20.9 Å². The molecule has 0 aliphatic heterocycles. The lowest BCUT2D eigenvalue weighted by Gasteiger charge is -2.11. The zero-order valence-electron chi connectivity index (χ0n) is 11.2. The van der Waals surface area contributed by atoms with Gasteiger partial charge in [0.05, 0.1) is 4.90 Å². The Morgan fingerprint density at radius 1 is 1.40 bits per heavy atom. The molecule has 0 spiro atoms. The quantitative estimate of drug-likeness (QED) is 0.857. The van der Waals surface area contributed by atoms with Crippen molar-refractivity contribution in [3.05, 3.63) is 42.6 Å². The van der Waals surface area contributed by atoms with Gasteiger partial charge in [0.25, 0.3) is 0 Å². The van der Waals surface area contributed by atoms with E-state index in [1.165, 1.54) is 6.07 Å². The second-order valence-electron chi connectivity index (χ2n) is 4.40. The van der Waals surface area contributed by atoms with Crippen LogP contribution in [0.4, 0.5) is 0 Å². The number of nitrogens with zero attached hydrogens (tertiary/aromatic N) is 1. The average molecular weight is 292 g/mol. The number of rotatable bonds is 5. The zero-order valence-corrected chi connectivity index (χ0v) is 12.0. The molecular formula is C14H16N2O3S. The first-order chi connectivity index (χ1) is 9.43. The fraction of sp³-hybridized carbons (Fsp3) is 0.214. The van der Waals surface area contributed by atoms with Crippen LogP contribution in [0.3, 0.4) is 0 Å². The van der Waals surface area contributed by atoms with Crippen LogP contribution in [0.5, 0.6) is 5.75 Å². The van der Waals surface area contributed by atoms with Crippen LogP contribution < -0.4 is 9.88 Å². The van der Waals surface area contributed by atoms with Gasteiger partial charge in [-0.2, -0.15) is 0 Å². The second kappa shape index (κ2) is 5.60. The van der Waals surface area contributed by atoms with E-state index in [9.17, 15) is 8.42 Å². The molecule has 2 N–H and O–H groups in total. The van der Waals surface area contributed by atoms with Crippen LogP contribution in [0, 0.1) is 0 Å². The molecule has 0 amide bonds. The number of fused-ring (bicyclic) bond motifs is 1. The Morgan fingerprint density at radius 3 is 2.80 bits per heavy atom. The molecule has 0 aliphatic rings. The SMILES string of the molecule is C=C(CC)COc1ccc(S(N)(=O)=O)c2cccnc12. The first kappa shape index (κ1) is 14.5. The van der Waals surface area contributed by atoms with Crippen LogP contribution in [0.25, 0.3) is 10.9 Å². The van der Waals surface area contributed by atoms with Gasteiger partial charge in [0.1, 0.15) is 17.9 Å². The van der Waals surface area contributed by atoms with E-state index in [1.54, 1.807) is 24.4 Å². The molecule has 2 rings (SSSR count). The monoisotopic (exact) mass is 292 g/mol. The summed E-state index contributed by atoms with van der Waals surface area (Å²) in [4.78, 5) is 4.23. The molecule has 0 radical (unpaired) electrons. The Labute approximate surface area is 118 Å². The van der Waals surface area contributed by atoms with Crippen LogP contribution in [0.15, 0.2) is 47.5 Å². The topological polar surface area (TPSA) is 82.3 Å². The summed E-state index contributed by atoms with van der Waals surface area (Å²) in [6.45, 7) is 6.23. The van der Waals surface area contributed by atoms with Crippen molar-refractivity contribution in [1.82, 2.24) is 4.98 Å². The summed E-state index contributed by atoms with van der Waals surface area (Å²) in [6.07, 6.45) is 2.40. The van der Waals surface area contributed by atoms with Gasteiger partial charge in [-0.3, -0.25) is 4.98 Å². The maximum Gasteiger partial charge on any atom is 0.238 e. The Morgan fingerprint density at radius 2 is 2.15 bits per heavy atom. The molecule has 20 heavy (non-hydrogen) atoms. The number of benzene rings is 1. The highest BCUT2D eigenvalue weighted by molar-refractivity contribution is 7.89. The van der Waals surface area contributed by atoms with E-state index in [2.05, 4.69) is 11.6 Å². The molecule has 0 unspecified atom stereocenters. The number of nitrogens with two attached hydrogens (primary N) is 1. The summed E-state index contributed by atoms with van der Waals surface area (Å²) in [5.41, 5.74) is 1.42. The fourth-order valence-electron chi connectivity index (χ4n) is 1.77. The highest BCUT2D eigenvalue weighted by atomic mass is 32.2. The normalized spacial score (nSPS) is 11.5. The molecule has 0 saturated heterocycles. The van der Waals surface area contributed by atoms with Crippen LogP contribution in [-0.4, -0.2) is 20.0 Å². The van der Waals surface area contributed by atoms with Crippen molar-refractivity contribution in [3.8, 4) is 5.75 Å². The van der Waals surface area contributed by atoms with E-state index in [4.69, 9.17) is 9.88 Å². The molecule has 106 valence electrons. The first-order valence-electron chi connectivity index (χ1n) is 6.13. The maximum atomic E-state index is 11.6. The minimum Gasteiger partial charge on any atom is -0.487 e. The van der Waals surface area contributed by atoms with Crippen molar-refractivity contribution in [1.29, 1.82) is 0 Å². The zero-order chi connectivity index (χ0) is 14.8. The van der Waals surface area contributed by atoms with Gasteiger partial charge in [-0.05, 0) is 36.3 Å². The summed E-state index contributed by atoms with van der Waals surface area (Å²) in [5.74, 6) is 0.516. The van der Waals surface area contributed by atoms with Gasteiger partial charge in [0, 0.05) is 11.6 Å². The Bertz CT molecular complexity index is 754. The molecular weight excluding hydrogens is 276 g/mol. The van der Waals surface area contributed by atoms with E-state index in [-0.39, 0.29) is 4.90 Å². The minimum atomic E-state index is -3.80. The van der Waals surface area contributed by atoms with Crippen molar-refractivity contribution in [2.75, 3.05) is 6.61 Å². The lowest BCUT2D eigenvalue weighted by Crippen LogP contribution is -2.13. The fourth-order valence-corrected chi connectivity index (χ4v) is 2.50. The van der Waals surface area contributed by atoms with Gasteiger partial charge in [0.2, 0.25) is 10.0 Å². The van der Waals surface area contributed by atoms with Crippen molar-refractivity contribution in [2.45, 2.75) is 18.2 Å². The third-order valence-electron chi connectivity index (χ3n) is 2.93. The van der Waals surface area contributed by atoms with Gasteiger partial charge in [-0.15, -0.1) is 0 Å². The molecule has 0 atom stereocenters. The van der Waals surface area contributed by atoms with E-state index in [1.807, 2.05) is 6.92 Å². The van der Waals surface area contributed by atoms with Crippen LogP contribution >= 0.6 is 0 Å². The van der Waals surface area contributed by atoms with Crippen LogP contribution in [0.1, 0.15) is 13.3 Å². The second-order valence-corrected chi connectivity index (χ2v) is 5.93. The highest BCUT2D eigenvalue weighted by Gasteiger charge is 2.15. The maximum absolute atomic E-state index is 11.6. The molecule has 0 bridgehead atoms. The lowest BCUT2D eigenvalue weighted by atomic mass is 10.2.